The molecule has 0 bridgehead atoms. The molecule has 0 aromatic rings. The Morgan fingerprint density at radius 2 is 1.93 bits per heavy atom. The molecule has 0 spiro atoms. The second kappa shape index (κ2) is 3.68. The number of carbonyl (C=O) groups excluding carboxylic acids is 1. The van der Waals surface area contributed by atoms with Crippen molar-refractivity contribution in [2.45, 2.75) is 45.7 Å². The predicted molar refractivity (Wildman–Crippen MR) is 59.4 cm³/mol. The number of hydrogen-bond donors (Lipinski definition) is 0. The summed E-state index contributed by atoms with van der Waals surface area (Å²) >= 11 is 0. The smallest absolute Gasteiger partial charge is 0.146 e. The predicted octanol–water partition coefficient (Wildman–Crippen LogP) is 1.92. The highest BCUT2D eigenvalue weighted by molar-refractivity contribution is 5.82. The van der Waals surface area contributed by atoms with Crippen molar-refractivity contribution in [2.24, 2.45) is 4.99 Å². The highest BCUT2D eigenvalue weighted by Gasteiger charge is 2.49. The average molecular weight is 210 g/mol. The van der Waals surface area contributed by atoms with Crippen molar-refractivity contribution in [3.05, 3.63) is 12.3 Å². The van der Waals surface area contributed by atoms with Gasteiger partial charge in [0, 0.05) is 6.08 Å². The molecule has 1 rings (SSSR count). The molecule has 0 fully saturated rings. The number of allylic oxidation sites excluding steroid dienone is 1. The molecular weight excluding hydrogens is 192 g/mol. The number of nitrogens with zero attached hydrogens (tertiary/aromatic N) is 2. The maximum Gasteiger partial charge on any atom is 0.146 e. The van der Waals surface area contributed by atoms with Crippen LogP contribution >= 0.6 is 0 Å². The Hall–Kier alpha value is -1.32. The minimum atomic E-state index is -0.232. The van der Waals surface area contributed by atoms with E-state index in [1.54, 1.807) is 5.06 Å². The number of hydroxylamine groups is 2. The lowest BCUT2D eigenvalue weighted by Gasteiger charge is -2.38. The zero-order valence-corrected chi connectivity index (χ0v) is 9.94. The minimum Gasteiger partial charge on any atom is -0.386 e. The second-order valence-corrected chi connectivity index (χ2v) is 4.64. The summed E-state index contributed by atoms with van der Waals surface area (Å²) in [4.78, 5) is 20.1. The summed E-state index contributed by atoms with van der Waals surface area (Å²) in [6.07, 6.45) is 3.37. The highest BCUT2D eigenvalue weighted by atomic mass is 16.7. The van der Waals surface area contributed by atoms with Gasteiger partial charge in [-0.25, -0.2) is 0 Å². The fourth-order valence-corrected chi connectivity index (χ4v) is 1.58. The number of rotatable bonds is 3. The van der Waals surface area contributed by atoms with Gasteiger partial charge in [0.1, 0.15) is 18.4 Å². The lowest BCUT2D eigenvalue weighted by molar-refractivity contribution is -0.113. The molecule has 0 atom stereocenters. The Kier molecular flexibility index (Phi) is 2.88. The fourth-order valence-electron chi connectivity index (χ4n) is 1.58. The summed E-state index contributed by atoms with van der Waals surface area (Å²) < 4.78 is 0. The van der Waals surface area contributed by atoms with Crippen LogP contribution < -0.4 is 0 Å². The minimum absolute atomic E-state index is 0.202. The van der Waals surface area contributed by atoms with E-state index in [2.05, 4.69) is 32.7 Å². The van der Waals surface area contributed by atoms with Crippen LogP contribution in [-0.2, 0) is 9.63 Å². The van der Waals surface area contributed by atoms with E-state index in [9.17, 15) is 4.79 Å². The molecule has 0 saturated carbocycles. The maximum absolute atomic E-state index is 10.1. The van der Waals surface area contributed by atoms with Gasteiger partial charge in [-0.2, -0.15) is 5.06 Å². The SMILES string of the molecule is CC1=NC(C)(C)C(C)(C)N1O/C=C/C=O. The normalized spacial score (nSPS) is 23.0. The molecule has 1 heterocycles. The fraction of sp³-hybridized carbons (Fsp3) is 0.636. The molecule has 1 aliphatic heterocycles. The Morgan fingerprint density at radius 3 is 2.33 bits per heavy atom. The summed E-state index contributed by atoms with van der Waals surface area (Å²) in [5, 5.41) is 1.73. The molecule has 4 nitrogen and oxygen atoms in total. The number of aldehydes is 1. The molecule has 0 aliphatic carbocycles. The Morgan fingerprint density at radius 1 is 1.33 bits per heavy atom. The molecule has 0 amide bonds. The molecule has 0 unspecified atom stereocenters. The Bertz CT molecular complexity index is 317. The molecule has 84 valence electrons. The Balaban J connectivity index is 2.86. The van der Waals surface area contributed by atoms with Gasteiger partial charge in [-0.15, -0.1) is 0 Å². The van der Waals surface area contributed by atoms with Crippen molar-refractivity contribution in [2.75, 3.05) is 0 Å². The summed E-state index contributed by atoms with van der Waals surface area (Å²) in [5.41, 5.74) is -0.434. The summed E-state index contributed by atoms with van der Waals surface area (Å²) in [7, 11) is 0. The van der Waals surface area contributed by atoms with Crippen molar-refractivity contribution in [3.8, 4) is 0 Å². The van der Waals surface area contributed by atoms with Gasteiger partial charge in [-0.1, -0.05) is 0 Å². The molecule has 0 N–H and O–H groups in total. The largest absolute Gasteiger partial charge is 0.386 e. The van der Waals surface area contributed by atoms with E-state index in [1.165, 1.54) is 12.3 Å². The van der Waals surface area contributed by atoms with Crippen molar-refractivity contribution in [3.63, 3.8) is 0 Å². The van der Waals surface area contributed by atoms with Crippen LogP contribution in [-0.4, -0.2) is 28.3 Å². The zero-order chi connectivity index (χ0) is 11.7. The number of amidine groups is 1. The third kappa shape index (κ3) is 1.89. The van der Waals surface area contributed by atoms with E-state index >= 15 is 0 Å². The van der Waals surface area contributed by atoms with Crippen molar-refractivity contribution in [1.82, 2.24) is 5.06 Å². The van der Waals surface area contributed by atoms with E-state index in [-0.39, 0.29) is 11.1 Å². The zero-order valence-electron chi connectivity index (χ0n) is 9.94. The van der Waals surface area contributed by atoms with Gasteiger partial charge in [-0.05, 0) is 34.6 Å². The van der Waals surface area contributed by atoms with Gasteiger partial charge in [0.15, 0.2) is 0 Å². The van der Waals surface area contributed by atoms with Crippen LogP contribution in [0.5, 0.6) is 0 Å². The van der Waals surface area contributed by atoms with Crippen LogP contribution in [0.3, 0.4) is 0 Å². The summed E-state index contributed by atoms with van der Waals surface area (Å²) in [6.45, 7) is 10.1. The third-order valence-electron chi connectivity index (χ3n) is 3.06. The van der Waals surface area contributed by atoms with Gasteiger partial charge >= 0.3 is 0 Å². The van der Waals surface area contributed by atoms with E-state index in [4.69, 9.17) is 4.84 Å². The number of aliphatic imine (C=N–C) groups is 1. The number of hydrogen-bond acceptors (Lipinski definition) is 4. The van der Waals surface area contributed by atoms with E-state index in [0.29, 0.717) is 6.29 Å². The van der Waals surface area contributed by atoms with Crippen LogP contribution in [0.2, 0.25) is 0 Å². The topological polar surface area (TPSA) is 41.9 Å². The van der Waals surface area contributed by atoms with Crippen LogP contribution in [0.4, 0.5) is 0 Å². The van der Waals surface area contributed by atoms with E-state index in [1.807, 2.05) is 6.92 Å². The van der Waals surface area contributed by atoms with Crippen LogP contribution in [0.25, 0.3) is 0 Å². The molecule has 0 radical (unpaired) electrons. The highest BCUT2D eigenvalue weighted by Crippen LogP contribution is 2.37. The van der Waals surface area contributed by atoms with Gasteiger partial charge in [0.25, 0.3) is 0 Å². The van der Waals surface area contributed by atoms with Crippen molar-refractivity contribution in [1.29, 1.82) is 0 Å². The number of carbonyl (C=O) groups is 1. The third-order valence-corrected chi connectivity index (χ3v) is 3.06. The van der Waals surface area contributed by atoms with Gasteiger partial charge in [-0.3, -0.25) is 9.79 Å². The lowest BCUT2D eigenvalue weighted by atomic mass is 9.84. The van der Waals surface area contributed by atoms with Crippen molar-refractivity contribution >= 4 is 12.1 Å². The summed E-state index contributed by atoms with van der Waals surface area (Å²) in [6, 6.07) is 0. The first-order valence-corrected chi connectivity index (χ1v) is 4.97. The van der Waals surface area contributed by atoms with Crippen LogP contribution in [0, 0.1) is 0 Å². The molecule has 0 aromatic carbocycles. The molecule has 1 aliphatic rings. The van der Waals surface area contributed by atoms with Crippen LogP contribution in [0.1, 0.15) is 34.6 Å². The molecule has 0 saturated heterocycles. The lowest BCUT2D eigenvalue weighted by Crippen LogP contribution is -2.51. The maximum atomic E-state index is 10.1. The Labute approximate surface area is 90.6 Å². The molecule has 0 aromatic heterocycles. The first kappa shape index (κ1) is 11.8. The quantitative estimate of drug-likeness (QED) is 0.406. The van der Waals surface area contributed by atoms with Gasteiger partial charge in [0.05, 0.1) is 11.1 Å². The van der Waals surface area contributed by atoms with E-state index < -0.39 is 0 Å². The summed E-state index contributed by atoms with van der Waals surface area (Å²) in [5.74, 6) is 0.820. The monoisotopic (exact) mass is 210 g/mol. The van der Waals surface area contributed by atoms with Crippen molar-refractivity contribution < 1.29 is 9.63 Å². The first-order valence-electron chi connectivity index (χ1n) is 4.97. The molecular formula is C11H18N2O2. The average Bonchev–Trinajstić information content (AvgIpc) is 2.23. The molecule has 15 heavy (non-hydrogen) atoms. The standard InChI is InChI=1S/C11H18N2O2/c1-9-12-10(2,3)11(4,5)13(9)15-8-6-7-14/h6-8H,1-5H3/b8-6+. The van der Waals surface area contributed by atoms with Crippen LogP contribution in [0.15, 0.2) is 17.3 Å². The first-order chi connectivity index (χ1) is 6.83. The van der Waals surface area contributed by atoms with Gasteiger partial charge in [0.2, 0.25) is 0 Å². The molecule has 4 heteroatoms. The second-order valence-electron chi connectivity index (χ2n) is 4.64. The van der Waals surface area contributed by atoms with E-state index in [0.717, 1.165) is 5.84 Å². The van der Waals surface area contributed by atoms with Gasteiger partial charge < -0.3 is 4.84 Å².